The molecule has 1 aromatic rings. The molecule has 3 rings (SSSR count). The van der Waals surface area contributed by atoms with Gasteiger partial charge < -0.3 is 9.64 Å². The average molecular weight is 315 g/mol. The van der Waals surface area contributed by atoms with Crippen LogP contribution in [0.2, 0.25) is 0 Å². The molecule has 3 atom stereocenters. The monoisotopic (exact) mass is 315 g/mol. The lowest BCUT2D eigenvalue weighted by atomic mass is 10.0. The summed E-state index contributed by atoms with van der Waals surface area (Å²) in [5.41, 5.74) is 2.35. The molecule has 1 aliphatic carbocycles. The Bertz CT molecular complexity index is 525. The highest BCUT2D eigenvalue weighted by atomic mass is 16.5. The van der Waals surface area contributed by atoms with Crippen LogP contribution in [0.5, 0.6) is 0 Å². The quantitative estimate of drug-likeness (QED) is 0.766. The summed E-state index contributed by atoms with van der Waals surface area (Å²) >= 11 is 0. The minimum Gasteiger partial charge on any atom is -0.458 e. The third-order valence-corrected chi connectivity index (χ3v) is 5.48. The molecule has 0 spiro atoms. The number of carbonyl (C=O) groups excluding carboxylic acids is 1. The Morgan fingerprint density at radius 2 is 1.96 bits per heavy atom. The molecule has 1 saturated heterocycles. The van der Waals surface area contributed by atoms with E-state index in [9.17, 15) is 4.79 Å². The van der Waals surface area contributed by atoms with Gasteiger partial charge in [0.05, 0.1) is 0 Å². The van der Waals surface area contributed by atoms with Crippen LogP contribution in [0.25, 0.3) is 0 Å². The predicted molar refractivity (Wildman–Crippen MR) is 92.2 cm³/mol. The lowest BCUT2D eigenvalue weighted by Gasteiger charge is -2.27. The summed E-state index contributed by atoms with van der Waals surface area (Å²) in [5.74, 6) is 1.67. The molecule has 3 heteroatoms. The van der Waals surface area contributed by atoms with Crippen LogP contribution in [-0.2, 0) is 9.53 Å². The van der Waals surface area contributed by atoms with E-state index in [1.807, 2.05) is 0 Å². The second kappa shape index (κ2) is 7.48. The van der Waals surface area contributed by atoms with Gasteiger partial charge in [0.2, 0.25) is 0 Å². The molecule has 0 amide bonds. The standard InChI is InChI=1S/C20H29NO2/c1-15-3-7-19(8-4-15)20(23-16(2)22)10-12-21-11-9-17-5-6-18(13-17)14-21/h3-4,7-8,17-18,20H,5-6,9-14H2,1-2H3. The Kier molecular flexibility index (Phi) is 5.37. The molecule has 1 heterocycles. The van der Waals surface area contributed by atoms with Gasteiger partial charge >= 0.3 is 5.97 Å². The number of rotatable bonds is 5. The van der Waals surface area contributed by atoms with Gasteiger partial charge in [0.25, 0.3) is 0 Å². The number of benzene rings is 1. The highest BCUT2D eigenvalue weighted by molar-refractivity contribution is 5.66. The van der Waals surface area contributed by atoms with Gasteiger partial charge in [0, 0.05) is 26.4 Å². The third-order valence-electron chi connectivity index (χ3n) is 5.48. The summed E-state index contributed by atoms with van der Waals surface area (Å²) in [6.45, 7) is 7.05. The van der Waals surface area contributed by atoms with Crippen molar-refractivity contribution in [1.82, 2.24) is 4.90 Å². The van der Waals surface area contributed by atoms with Gasteiger partial charge in [0.15, 0.2) is 0 Å². The zero-order valence-corrected chi connectivity index (χ0v) is 14.5. The second-order valence-corrected chi connectivity index (χ2v) is 7.43. The van der Waals surface area contributed by atoms with E-state index in [4.69, 9.17) is 4.74 Å². The molecule has 1 aliphatic heterocycles. The molecule has 1 saturated carbocycles. The number of aryl methyl sites for hydroxylation is 1. The lowest BCUT2D eigenvalue weighted by molar-refractivity contribution is -0.147. The second-order valence-electron chi connectivity index (χ2n) is 7.43. The van der Waals surface area contributed by atoms with Crippen molar-refractivity contribution >= 4 is 5.97 Å². The number of hydrogen-bond acceptors (Lipinski definition) is 3. The summed E-state index contributed by atoms with van der Waals surface area (Å²) in [4.78, 5) is 14.1. The van der Waals surface area contributed by atoms with Crippen molar-refractivity contribution in [3.8, 4) is 0 Å². The van der Waals surface area contributed by atoms with Crippen LogP contribution in [-0.4, -0.2) is 30.5 Å². The minimum atomic E-state index is -0.189. The van der Waals surface area contributed by atoms with Crippen molar-refractivity contribution in [1.29, 1.82) is 0 Å². The van der Waals surface area contributed by atoms with Crippen LogP contribution in [0.4, 0.5) is 0 Å². The Balaban J connectivity index is 1.59. The largest absolute Gasteiger partial charge is 0.458 e. The molecule has 1 aromatic carbocycles. The topological polar surface area (TPSA) is 29.5 Å². The first-order valence-corrected chi connectivity index (χ1v) is 9.06. The first-order valence-electron chi connectivity index (χ1n) is 9.06. The molecule has 2 bridgehead atoms. The molecule has 3 nitrogen and oxygen atoms in total. The normalized spacial score (nSPS) is 25.8. The summed E-state index contributed by atoms with van der Waals surface area (Å²) < 4.78 is 5.59. The number of esters is 1. The Morgan fingerprint density at radius 1 is 1.22 bits per heavy atom. The highest BCUT2D eigenvalue weighted by Gasteiger charge is 2.30. The Hall–Kier alpha value is -1.35. The SMILES string of the molecule is CC(=O)OC(CCN1CCC2CCC(C2)C1)c1ccc(C)cc1. The van der Waals surface area contributed by atoms with E-state index in [1.165, 1.54) is 51.3 Å². The number of hydrogen-bond donors (Lipinski definition) is 0. The van der Waals surface area contributed by atoms with E-state index in [0.29, 0.717) is 0 Å². The number of fused-ring (bicyclic) bond motifs is 2. The van der Waals surface area contributed by atoms with E-state index in [-0.39, 0.29) is 12.1 Å². The zero-order chi connectivity index (χ0) is 16.2. The molecule has 2 fully saturated rings. The number of likely N-dealkylation sites (tertiary alicyclic amines) is 1. The van der Waals surface area contributed by atoms with Crippen LogP contribution in [0, 0.1) is 18.8 Å². The molecule has 0 aromatic heterocycles. The van der Waals surface area contributed by atoms with E-state index in [1.54, 1.807) is 0 Å². The van der Waals surface area contributed by atoms with Crippen molar-refractivity contribution in [2.24, 2.45) is 11.8 Å². The molecule has 126 valence electrons. The maximum atomic E-state index is 11.5. The molecule has 3 unspecified atom stereocenters. The fourth-order valence-corrected chi connectivity index (χ4v) is 4.21. The number of carbonyl (C=O) groups is 1. The van der Waals surface area contributed by atoms with Crippen molar-refractivity contribution in [2.75, 3.05) is 19.6 Å². The van der Waals surface area contributed by atoms with Crippen molar-refractivity contribution < 1.29 is 9.53 Å². The average Bonchev–Trinajstić information content (AvgIpc) is 2.85. The van der Waals surface area contributed by atoms with Gasteiger partial charge in [-0.25, -0.2) is 0 Å². The molecule has 23 heavy (non-hydrogen) atoms. The van der Waals surface area contributed by atoms with E-state index >= 15 is 0 Å². The summed E-state index contributed by atoms with van der Waals surface area (Å²) in [7, 11) is 0. The molecule has 0 N–H and O–H groups in total. The van der Waals surface area contributed by atoms with Crippen molar-refractivity contribution in [3.05, 3.63) is 35.4 Å². The van der Waals surface area contributed by atoms with E-state index in [0.717, 1.165) is 30.4 Å². The lowest BCUT2D eigenvalue weighted by Crippen LogP contribution is -2.31. The van der Waals surface area contributed by atoms with Gasteiger partial charge in [-0.2, -0.15) is 0 Å². The maximum absolute atomic E-state index is 11.5. The molecular formula is C20H29NO2. The van der Waals surface area contributed by atoms with Gasteiger partial charge in [-0.1, -0.05) is 36.2 Å². The molecule has 0 radical (unpaired) electrons. The summed E-state index contributed by atoms with van der Waals surface area (Å²) in [5, 5.41) is 0. The van der Waals surface area contributed by atoms with Gasteiger partial charge in [-0.15, -0.1) is 0 Å². The Labute approximate surface area is 140 Å². The smallest absolute Gasteiger partial charge is 0.303 e. The van der Waals surface area contributed by atoms with Crippen LogP contribution in [0.1, 0.15) is 56.3 Å². The fraction of sp³-hybridized carbons (Fsp3) is 0.650. The van der Waals surface area contributed by atoms with Crippen LogP contribution >= 0.6 is 0 Å². The van der Waals surface area contributed by atoms with Gasteiger partial charge in [-0.05, 0) is 50.1 Å². The zero-order valence-electron chi connectivity index (χ0n) is 14.5. The summed E-state index contributed by atoms with van der Waals surface area (Å²) in [6.07, 6.45) is 6.40. The number of nitrogens with zero attached hydrogens (tertiary/aromatic N) is 1. The van der Waals surface area contributed by atoms with Crippen LogP contribution < -0.4 is 0 Å². The van der Waals surface area contributed by atoms with Crippen molar-refractivity contribution in [2.45, 2.75) is 52.1 Å². The van der Waals surface area contributed by atoms with Gasteiger partial charge in [0.1, 0.15) is 6.10 Å². The van der Waals surface area contributed by atoms with E-state index < -0.39 is 0 Å². The van der Waals surface area contributed by atoms with Crippen molar-refractivity contribution in [3.63, 3.8) is 0 Å². The Morgan fingerprint density at radius 3 is 2.70 bits per heavy atom. The van der Waals surface area contributed by atoms with Crippen LogP contribution in [0.3, 0.4) is 0 Å². The fourth-order valence-electron chi connectivity index (χ4n) is 4.21. The van der Waals surface area contributed by atoms with E-state index in [2.05, 4.69) is 36.1 Å². The van der Waals surface area contributed by atoms with Crippen LogP contribution in [0.15, 0.2) is 24.3 Å². The number of ether oxygens (including phenoxy) is 1. The minimum absolute atomic E-state index is 0.117. The molecular weight excluding hydrogens is 286 g/mol. The summed E-state index contributed by atoms with van der Waals surface area (Å²) in [6, 6.07) is 8.37. The highest BCUT2D eigenvalue weighted by Crippen LogP contribution is 2.36. The third kappa shape index (κ3) is 4.57. The maximum Gasteiger partial charge on any atom is 0.303 e. The first-order chi connectivity index (χ1) is 11.1. The predicted octanol–water partition coefficient (Wildman–Crippen LogP) is 4.11. The van der Waals surface area contributed by atoms with Gasteiger partial charge in [-0.3, -0.25) is 4.79 Å². The molecule has 2 aliphatic rings. The first kappa shape index (κ1) is 16.5.